The van der Waals surface area contributed by atoms with E-state index in [4.69, 9.17) is 27.9 Å². The van der Waals surface area contributed by atoms with Gasteiger partial charge < -0.3 is 10.1 Å². The highest BCUT2D eigenvalue weighted by Gasteiger charge is 2.76. The van der Waals surface area contributed by atoms with Crippen LogP contribution in [0.4, 0.5) is 4.39 Å². The molecule has 0 radical (unpaired) electrons. The molecule has 22 heavy (non-hydrogen) atoms. The lowest BCUT2D eigenvalue weighted by atomic mass is 9.99. The fraction of sp³-hybridized carbons (Fsp3) is 0.562. The maximum atomic E-state index is 13.1. The van der Waals surface area contributed by atoms with E-state index in [-0.39, 0.29) is 30.3 Å². The van der Waals surface area contributed by atoms with Crippen LogP contribution in [-0.4, -0.2) is 22.9 Å². The summed E-state index contributed by atoms with van der Waals surface area (Å²) < 4.78 is 17.5. The molecule has 1 fully saturated rings. The summed E-state index contributed by atoms with van der Waals surface area (Å²) in [7, 11) is 0. The minimum atomic E-state index is -1.02. The van der Waals surface area contributed by atoms with Gasteiger partial charge in [0.25, 0.3) is 0 Å². The number of rotatable bonds is 6. The average Bonchev–Trinajstić information content (AvgIpc) is 2.90. The van der Waals surface area contributed by atoms with E-state index in [1.807, 2.05) is 20.8 Å². The normalized spacial score (nSPS) is 27.1. The molecule has 1 aliphatic rings. The van der Waals surface area contributed by atoms with Crippen LogP contribution in [0.1, 0.15) is 27.2 Å². The number of halogens is 3. The van der Waals surface area contributed by atoms with Gasteiger partial charge in [0.2, 0.25) is 5.91 Å². The molecule has 1 N–H and O–H groups in total. The maximum absolute atomic E-state index is 13.1. The summed E-state index contributed by atoms with van der Waals surface area (Å²) in [5.41, 5.74) is -0.747. The van der Waals surface area contributed by atoms with Gasteiger partial charge in [-0.1, -0.05) is 19.9 Å². The van der Waals surface area contributed by atoms with E-state index in [0.717, 1.165) is 0 Å². The number of amides is 1. The molecule has 0 saturated heterocycles. The van der Waals surface area contributed by atoms with Crippen molar-refractivity contribution in [2.45, 2.75) is 37.6 Å². The van der Waals surface area contributed by atoms with Gasteiger partial charge in [-0.25, -0.2) is 4.39 Å². The molecule has 6 heteroatoms. The summed E-state index contributed by atoms with van der Waals surface area (Å²) in [6, 6.07) is 5.64. The van der Waals surface area contributed by atoms with Gasteiger partial charge >= 0.3 is 0 Å². The summed E-state index contributed by atoms with van der Waals surface area (Å²) in [6.07, 6.45) is 0.574. The molecule has 2 rings (SSSR count). The third-order valence-electron chi connectivity index (χ3n) is 4.43. The first-order chi connectivity index (χ1) is 10.3. The number of ether oxygens (including phenoxy) is 1. The lowest BCUT2D eigenvalue weighted by Crippen LogP contribution is -2.43. The Morgan fingerprint density at radius 1 is 1.50 bits per heavy atom. The van der Waals surface area contributed by atoms with Gasteiger partial charge in [0.1, 0.15) is 22.5 Å². The topological polar surface area (TPSA) is 38.3 Å². The van der Waals surface area contributed by atoms with Gasteiger partial charge in [-0.05, 0) is 25.5 Å². The van der Waals surface area contributed by atoms with Crippen LogP contribution in [0.2, 0.25) is 0 Å². The van der Waals surface area contributed by atoms with Crippen molar-refractivity contribution in [1.82, 2.24) is 5.32 Å². The first kappa shape index (κ1) is 17.4. The highest BCUT2D eigenvalue weighted by atomic mass is 35.5. The lowest BCUT2D eigenvalue weighted by Gasteiger charge is -2.20. The SMILES string of the molecule is CC[C@]1(C(=O)N[C@H](C)COc2cccc(F)c2)[C@@H](C)C1(Cl)Cl. The summed E-state index contributed by atoms with van der Waals surface area (Å²) in [4.78, 5) is 12.5. The van der Waals surface area contributed by atoms with Crippen LogP contribution in [0.15, 0.2) is 24.3 Å². The lowest BCUT2D eigenvalue weighted by molar-refractivity contribution is -0.127. The second-order valence-corrected chi connectivity index (χ2v) is 7.20. The Morgan fingerprint density at radius 3 is 2.64 bits per heavy atom. The third-order valence-corrected chi connectivity index (χ3v) is 5.76. The summed E-state index contributed by atoms with van der Waals surface area (Å²) in [5, 5.41) is 2.88. The molecule has 1 saturated carbocycles. The second-order valence-electron chi connectivity index (χ2n) is 5.81. The Labute approximate surface area is 140 Å². The Bertz CT molecular complexity index is 567. The predicted octanol–water partition coefficient (Wildman–Crippen LogP) is 3.93. The van der Waals surface area contributed by atoms with Crippen molar-refractivity contribution in [1.29, 1.82) is 0 Å². The molecule has 0 bridgehead atoms. The Balaban J connectivity index is 1.90. The first-order valence-electron chi connectivity index (χ1n) is 7.32. The van der Waals surface area contributed by atoms with Gasteiger partial charge in [-0.3, -0.25) is 4.79 Å². The standard InChI is InChI=1S/C16H20Cl2FNO2/c1-4-15(11(3)16(15,17)18)14(21)20-10(2)9-22-13-7-5-6-12(19)8-13/h5-8,10-11H,4,9H2,1-3H3,(H,20,21)/t10-,11-,15-/m1/s1. The molecule has 0 aliphatic heterocycles. The highest BCUT2D eigenvalue weighted by molar-refractivity contribution is 6.53. The van der Waals surface area contributed by atoms with E-state index < -0.39 is 9.75 Å². The molecule has 1 aromatic rings. The van der Waals surface area contributed by atoms with Gasteiger partial charge in [-0.2, -0.15) is 0 Å². The zero-order valence-electron chi connectivity index (χ0n) is 12.8. The summed E-state index contributed by atoms with van der Waals surface area (Å²) in [5.74, 6) is -0.192. The van der Waals surface area contributed by atoms with E-state index in [1.54, 1.807) is 12.1 Å². The van der Waals surface area contributed by atoms with Gasteiger partial charge in [0.05, 0.1) is 11.5 Å². The fourth-order valence-electron chi connectivity index (χ4n) is 2.86. The largest absolute Gasteiger partial charge is 0.491 e. The van der Waals surface area contributed by atoms with Gasteiger partial charge in [-0.15, -0.1) is 23.2 Å². The van der Waals surface area contributed by atoms with Crippen molar-refractivity contribution < 1.29 is 13.9 Å². The maximum Gasteiger partial charge on any atom is 0.229 e. The van der Waals surface area contributed by atoms with E-state index in [2.05, 4.69) is 5.32 Å². The van der Waals surface area contributed by atoms with Crippen molar-refractivity contribution in [3.8, 4) is 5.75 Å². The van der Waals surface area contributed by atoms with Crippen molar-refractivity contribution in [3.63, 3.8) is 0 Å². The third kappa shape index (κ3) is 2.91. The average molecular weight is 348 g/mol. The number of carbonyl (C=O) groups is 1. The minimum Gasteiger partial charge on any atom is -0.491 e. The summed E-state index contributed by atoms with van der Waals surface area (Å²) in [6.45, 7) is 5.83. The van der Waals surface area contributed by atoms with E-state index in [0.29, 0.717) is 12.2 Å². The molecule has 3 atom stereocenters. The molecule has 0 heterocycles. The van der Waals surface area contributed by atoms with Crippen LogP contribution in [0, 0.1) is 17.2 Å². The fourth-order valence-corrected chi connectivity index (χ4v) is 3.89. The van der Waals surface area contributed by atoms with Crippen molar-refractivity contribution in [3.05, 3.63) is 30.1 Å². The smallest absolute Gasteiger partial charge is 0.229 e. The highest BCUT2D eigenvalue weighted by Crippen LogP contribution is 2.70. The number of alkyl halides is 2. The zero-order valence-corrected chi connectivity index (χ0v) is 14.3. The minimum absolute atomic E-state index is 0.0929. The monoisotopic (exact) mass is 347 g/mol. The van der Waals surface area contributed by atoms with E-state index >= 15 is 0 Å². The zero-order chi connectivity index (χ0) is 16.5. The van der Waals surface area contributed by atoms with Crippen LogP contribution >= 0.6 is 23.2 Å². The molecule has 0 aromatic heterocycles. The van der Waals surface area contributed by atoms with Crippen LogP contribution < -0.4 is 10.1 Å². The number of benzene rings is 1. The predicted molar refractivity (Wildman–Crippen MR) is 85.8 cm³/mol. The van der Waals surface area contributed by atoms with E-state index in [9.17, 15) is 9.18 Å². The number of hydrogen-bond acceptors (Lipinski definition) is 2. The Hall–Kier alpha value is -1.00. The van der Waals surface area contributed by atoms with Crippen LogP contribution in [0.3, 0.4) is 0 Å². The van der Waals surface area contributed by atoms with Crippen molar-refractivity contribution in [2.75, 3.05) is 6.61 Å². The van der Waals surface area contributed by atoms with Gasteiger partial charge in [0.15, 0.2) is 0 Å². The van der Waals surface area contributed by atoms with E-state index in [1.165, 1.54) is 12.1 Å². The number of hydrogen-bond donors (Lipinski definition) is 1. The number of carbonyl (C=O) groups excluding carboxylic acids is 1. The molecule has 1 amide bonds. The van der Waals surface area contributed by atoms with Crippen LogP contribution in [0.25, 0.3) is 0 Å². The van der Waals surface area contributed by atoms with Crippen molar-refractivity contribution >= 4 is 29.1 Å². The molecular formula is C16H20Cl2FNO2. The quantitative estimate of drug-likeness (QED) is 0.791. The Morgan fingerprint density at radius 2 is 2.14 bits per heavy atom. The van der Waals surface area contributed by atoms with Gasteiger partial charge in [0, 0.05) is 12.0 Å². The number of nitrogens with one attached hydrogen (secondary N) is 1. The first-order valence-corrected chi connectivity index (χ1v) is 8.08. The molecule has 1 aliphatic carbocycles. The second kappa shape index (κ2) is 6.25. The molecule has 1 aromatic carbocycles. The van der Waals surface area contributed by atoms with Crippen LogP contribution in [-0.2, 0) is 4.79 Å². The molecule has 122 valence electrons. The molecular weight excluding hydrogens is 328 g/mol. The van der Waals surface area contributed by atoms with Crippen LogP contribution in [0.5, 0.6) is 5.75 Å². The molecule has 3 nitrogen and oxygen atoms in total. The molecule has 0 spiro atoms. The van der Waals surface area contributed by atoms with Crippen molar-refractivity contribution in [2.24, 2.45) is 11.3 Å². The summed E-state index contributed by atoms with van der Waals surface area (Å²) >= 11 is 12.4. The molecule has 0 unspecified atom stereocenters. The Kier molecular flexibility index (Phi) is 4.93.